The van der Waals surface area contributed by atoms with Gasteiger partial charge in [-0.2, -0.15) is 4.31 Å². The highest BCUT2D eigenvalue weighted by molar-refractivity contribution is 14.1. The topological polar surface area (TPSA) is 63.4 Å². The van der Waals surface area contributed by atoms with E-state index in [0.29, 0.717) is 23.9 Å². The molecule has 114 valence electrons. The van der Waals surface area contributed by atoms with Gasteiger partial charge in [-0.25, -0.2) is 8.42 Å². The molecule has 0 saturated carbocycles. The van der Waals surface area contributed by atoms with Crippen molar-refractivity contribution in [3.63, 3.8) is 0 Å². The molecule has 0 radical (unpaired) electrons. The summed E-state index contributed by atoms with van der Waals surface area (Å²) in [6.45, 7) is 3.13. The number of nitrogens with zero attached hydrogens (tertiary/aromatic N) is 1. The van der Waals surface area contributed by atoms with Crippen LogP contribution in [-0.2, 0) is 10.0 Å². The molecule has 0 spiro atoms. The van der Waals surface area contributed by atoms with Crippen LogP contribution in [0.25, 0.3) is 0 Å². The Hall–Kier alpha value is 0.110. The van der Waals surface area contributed by atoms with Crippen LogP contribution in [0.3, 0.4) is 0 Å². The number of benzene rings is 1. The summed E-state index contributed by atoms with van der Waals surface area (Å²) in [7, 11) is -3.35. The van der Waals surface area contributed by atoms with E-state index in [0.717, 1.165) is 16.4 Å². The monoisotopic (exact) mass is 430 g/mol. The van der Waals surface area contributed by atoms with Gasteiger partial charge in [0.25, 0.3) is 0 Å². The zero-order chi connectivity index (χ0) is 14.0. The maximum atomic E-state index is 12.5. The molecule has 1 heterocycles. The lowest BCUT2D eigenvalue weighted by atomic mass is 9.92. The first-order chi connectivity index (χ1) is 8.91. The molecule has 20 heavy (non-hydrogen) atoms. The fraction of sp³-hybridized carbons (Fsp3) is 0.538. The molecule has 7 heteroatoms. The van der Waals surface area contributed by atoms with E-state index in [1.165, 1.54) is 0 Å². The molecule has 0 bridgehead atoms. The normalized spacial score (nSPS) is 19.4. The highest BCUT2D eigenvalue weighted by Gasteiger charge is 2.30. The molecule has 1 aromatic rings. The van der Waals surface area contributed by atoms with E-state index in [-0.39, 0.29) is 18.4 Å². The first-order valence-electron chi connectivity index (χ1n) is 6.42. The van der Waals surface area contributed by atoms with Crippen LogP contribution in [0.15, 0.2) is 29.2 Å². The van der Waals surface area contributed by atoms with Crippen LogP contribution >= 0.6 is 35.0 Å². The van der Waals surface area contributed by atoms with Gasteiger partial charge in [0.15, 0.2) is 0 Å². The quantitative estimate of drug-likeness (QED) is 0.749. The second kappa shape index (κ2) is 7.40. The lowest BCUT2D eigenvalue weighted by Gasteiger charge is -2.32. The summed E-state index contributed by atoms with van der Waals surface area (Å²) in [5.74, 6) is 0.433. The van der Waals surface area contributed by atoms with Gasteiger partial charge >= 0.3 is 0 Å². The maximum Gasteiger partial charge on any atom is 0.243 e. The highest BCUT2D eigenvalue weighted by atomic mass is 127. The summed E-state index contributed by atoms with van der Waals surface area (Å²) >= 11 is 2.13. The number of halogens is 2. The Kier molecular flexibility index (Phi) is 6.72. The van der Waals surface area contributed by atoms with Gasteiger partial charge in [0, 0.05) is 22.7 Å². The molecule has 1 atom stereocenters. The Morgan fingerprint density at radius 3 is 2.45 bits per heavy atom. The number of hydrogen-bond acceptors (Lipinski definition) is 3. The van der Waals surface area contributed by atoms with Crippen LogP contribution in [0.5, 0.6) is 0 Å². The number of piperidine rings is 1. The number of rotatable bonds is 3. The Morgan fingerprint density at radius 2 is 1.95 bits per heavy atom. The zero-order valence-corrected chi connectivity index (χ0v) is 15.1. The van der Waals surface area contributed by atoms with Crippen LogP contribution in [0, 0.1) is 9.49 Å². The third-order valence-corrected chi connectivity index (χ3v) is 6.24. The van der Waals surface area contributed by atoms with Crippen molar-refractivity contribution in [1.29, 1.82) is 0 Å². The summed E-state index contributed by atoms with van der Waals surface area (Å²) in [6.07, 6.45) is 1.70. The molecule has 4 nitrogen and oxygen atoms in total. The van der Waals surface area contributed by atoms with Crippen molar-refractivity contribution in [2.24, 2.45) is 11.7 Å². The molecular weight excluding hydrogens is 411 g/mol. The van der Waals surface area contributed by atoms with Crippen molar-refractivity contribution < 1.29 is 8.42 Å². The molecule has 0 aromatic heterocycles. The van der Waals surface area contributed by atoms with Gasteiger partial charge < -0.3 is 5.73 Å². The molecule has 1 aromatic carbocycles. The predicted octanol–water partition coefficient (Wildman–Crippen LogP) is 2.46. The fourth-order valence-electron chi connectivity index (χ4n) is 2.42. The van der Waals surface area contributed by atoms with Crippen molar-refractivity contribution in [3.05, 3.63) is 27.8 Å². The smallest absolute Gasteiger partial charge is 0.243 e. The lowest BCUT2D eigenvalue weighted by molar-refractivity contribution is 0.250. The highest BCUT2D eigenvalue weighted by Crippen LogP contribution is 2.25. The fourth-order valence-corrected chi connectivity index (χ4v) is 4.69. The van der Waals surface area contributed by atoms with E-state index in [2.05, 4.69) is 22.6 Å². The van der Waals surface area contributed by atoms with Crippen molar-refractivity contribution >= 4 is 45.0 Å². The van der Waals surface area contributed by atoms with E-state index in [9.17, 15) is 8.42 Å². The third kappa shape index (κ3) is 4.07. The van der Waals surface area contributed by atoms with Crippen LogP contribution in [-0.4, -0.2) is 31.9 Å². The molecule has 1 aliphatic heterocycles. The molecule has 1 unspecified atom stereocenters. The zero-order valence-electron chi connectivity index (χ0n) is 11.3. The van der Waals surface area contributed by atoms with Crippen molar-refractivity contribution in [2.45, 2.75) is 30.7 Å². The van der Waals surface area contributed by atoms with E-state index in [1.54, 1.807) is 22.5 Å². The number of nitrogens with two attached hydrogens (primary N) is 1. The van der Waals surface area contributed by atoms with E-state index < -0.39 is 10.0 Å². The van der Waals surface area contributed by atoms with Crippen molar-refractivity contribution in [2.75, 3.05) is 13.1 Å². The molecule has 1 saturated heterocycles. The lowest BCUT2D eigenvalue weighted by Crippen LogP contribution is -2.42. The summed E-state index contributed by atoms with van der Waals surface area (Å²) in [4.78, 5) is 0.388. The van der Waals surface area contributed by atoms with E-state index in [4.69, 9.17) is 5.73 Å². The van der Waals surface area contributed by atoms with Crippen LogP contribution in [0.1, 0.15) is 19.8 Å². The van der Waals surface area contributed by atoms with Crippen molar-refractivity contribution in [3.8, 4) is 0 Å². The minimum atomic E-state index is -3.35. The third-order valence-electron chi connectivity index (χ3n) is 3.68. The minimum Gasteiger partial charge on any atom is -0.328 e. The minimum absolute atomic E-state index is 0. The SMILES string of the molecule is CC(N)C1CCN(S(=O)(=O)c2cccc(I)c2)CC1.Cl. The second-order valence-corrected chi connectivity index (χ2v) is 8.24. The molecule has 2 rings (SSSR count). The number of hydrogen-bond donors (Lipinski definition) is 1. The van der Waals surface area contributed by atoms with Gasteiger partial charge in [0.05, 0.1) is 4.90 Å². The number of sulfonamides is 1. The van der Waals surface area contributed by atoms with Crippen LogP contribution in [0.2, 0.25) is 0 Å². The van der Waals surface area contributed by atoms with Gasteiger partial charge in [-0.15, -0.1) is 12.4 Å². The molecule has 2 N–H and O–H groups in total. The first-order valence-corrected chi connectivity index (χ1v) is 8.94. The van der Waals surface area contributed by atoms with E-state index >= 15 is 0 Å². The Bertz CT molecular complexity index is 543. The van der Waals surface area contributed by atoms with Gasteiger partial charge in [0.2, 0.25) is 10.0 Å². The molecule has 1 fully saturated rings. The Balaban J connectivity index is 0.00000200. The van der Waals surface area contributed by atoms with Gasteiger partial charge in [-0.3, -0.25) is 0 Å². The Morgan fingerprint density at radius 1 is 1.35 bits per heavy atom. The second-order valence-electron chi connectivity index (χ2n) is 5.06. The molecule has 1 aliphatic rings. The van der Waals surface area contributed by atoms with Crippen molar-refractivity contribution in [1.82, 2.24) is 4.31 Å². The summed E-state index contributed by atoms with van der Waals surface area (Å²) in [6, 6.07) is 7.19. The maximum absolute atomic E-state index is 12.5. The molecule has 0 amide bonds. The standard InChI is InChI=1S/C13H19IN2O2S.ClH/c1-10(15)11-5-7-16(8-6-11)19(17,18)13-4-2-3-12(14)9-13;/h2-4,9-11H,5-8,15H2,1H3;1H. The van der Waals surface area contributed by atoms with E-state index in [1.807, 2.05) is 13.0 Å². The average molecular weight is 431 g/mol. The van der Waals surface area contributed by atoms with Gasteiger partial charge in [-0.05, 0) is 66.5 Å². The first kappa shape index (κ1) is 18.2. The van der Waals surface area contributed by atoms with Crippen LogP contribution < -0.4 is 5.73 Å². The summed E-state index contributed by atoms with van der Waals surface area (Å²) in [5.41, 5.74) is 5.88. The molecule has 0 aliphatic carbocycles. The summed E-state index contributed by atoms with van der Waals surface area (Å²) in [5, 5.41) is 0. The van der Waals surface area contributed by atoms with Crippen LogP contribution in [0.4, 0.5) is 0 Å². The summed E-state index contributed by atoms with van der Waals surface area (Å²) < 4.78 is 27.5. The predicted molar refractivity (Wildman–Crippen MR) is 91.5 cm³/mol. The average Bonchev–Trinajstić information content (AvgIpc) is 2.39. The largest absolute Gasteiger partial charge is 0.328 e. The van der Waals surface area contributed by atoms with Gasteiger partial charge in [-0.1, -0.05) is 6.07 Å². The molecular formula is C13H20ClIN2O2S. The Labute approximate surface area is 140 Å². The van der Waals surface area contributed by atoms with Gasteiger partial charge in [0.1, 0.15) is 0 Å².